The van der Waals surface area contributed by atoms with Crippen molar-refractivity contribution >= 4 is 34.3 Å². The Hall–Kier alpha value is -3.96. The van der Waals surface area contributed by atoms with Crippen molar-refractivity contribution < 1.29 is 63.3 Å². The molecule has 1 aromatic carbocycles. The number of fused-ring (bicyclic) bond motifs is 4. The second kappa shape index (κ2) is 23.3. The molecule has 15 unspecified atom stereocenters. The number of aliphatic hydroxyl groups excluding tert-OH is 3. The first kappa shape index (κ1) is 53.4. The molecular weight excluding hydrogens is 873 g/mol. The first-order valence-corrected chi connectivity index (χ1v) is 25.1. The van der Waals surface area contributed by atoms with Gasteiger partial charge in [0, 0.05) is 68.6 Å². The predicted octanol–water partition coefficient (Wildman–Crippen LogP) is 6.24. The second-order valence-electron chi connectivity index (χ2n) is 20.3. The van der Waals surface area contributed by atoms with Crippen molar-refractivity contribution in [1.82, 2.24) is 9.47 Å². The van der Waals surface area contributed by atoms with E-state index in [1.165, 1.54) is 14.2 Å². The summed E-state index contributed by atoms with van der Waals surface area (Å²) in [6, 6.07) is 6.84. The normalized spacial score (nSPS) is 37.5. The number of aliphatic hydroxyl groups is 4. The van der Waals surface area contributed by atoms with Gasteiger partial charge in [0.15, 0.2) is 0 Å². The number of benzene rings is 1. The van der Waals surface area contributed by atoms with E-state index in [9.17, 15) is 39.6 Å². The molecule has 2 aromatic rings. The number of nitrogens with zero attached hydrogens (tertiary/aromatic N) is 2. The molecule has 2 saturated heterocycles. The third-order valence-electron chi connectivity index (χ3n) is 15.4. The molecule has 6 rings (SSSR count). The maximum atomic E-state index is 14.5. The monoisotopic (exact) mass is 951 g/mol. The average Bonchev–Trinajstić information content (AvgIpc) is 3.73. The number of ether oxygens (including phenoxy) is 5. The Bertz CT molecular complexity index is 2130. The molecule has 15 nitrogen and oxygen atoms in total. The number of hydrogen-bond acceptors (Lipinski definition) is 13. The second-order valence-corrected chi connectivity index (χ2v) is 20.3. The maximum absolute atomic E-state index is 14.5. The minimum atomic E-state index is -2.59. The van der Waals surface area contributed by atoms with Crippen LogP contribution in [0.15, 0.2) is 53.8 Å². The van der Waals surface area contributed by atoms with E-state index < -0.39 is 102 Å². The lowest BCUT2D eigenvalue weighted by Gasteiger charge is -2.47. The Kier molecular flexibility index (Phi) is 18.3. The molecule has 1 aliphatic carbocycles. The van der Waals surface area contributed by atoms with Crippen molar-refractivity contribution in [3.8, 4) is 5.75 Å². The molecule has 15 heteroatoms. The number of esters is 1. The molecule has 1 saturated carbocycles. The highest BCUT2D eigenvalue weighted by molar-refractivity contribution is 6.39. The number of carbonyl (C=O) groups excluding carboxylic acids is 4. The molecule has 68 heavy (non-hydrogen) atoms. The summed E-state index contributed by atoms with van der Waals surface area (Å²) < 4.78 is 32.8. The number of aromatic nitrogens is 1. The standard InChI is InChI=1S/C53H78N2O13/c1-10-20-54-22-19-37-28-38(16-17-39(37)54)66-44-18-15-35(27-43(44)58)23-32(5)48-34(7)41(56)29-42(57)36(11-2)24-30(3)47(59)31(4)25-45(64-8)49-46(65-9)26-33(6)53(63,68-49)50(60)51(61)55-21-13-12-14-40(55)52(62)67-48/h16-17,19,22-24,28,31,33-36,40-41,43-49,56,58-59,63H,10-15,18,20-21,25-27,29H2,1-9H3/b30-24+,32-23?. The zero-order valence-corrected chi connectivity index (χ0v) is 41.7. The van der Waals surface area contributed by atoms with Crippen LogP contribution in [0.2, 0.25) is 0 Å². The van der Waals surface area contributed by atoms with Gasteiger partial charge < -0.3 is 53.6 Å². The summed E-state index contributed by atoms with van der Waals surface area (Å²) >= 11 is 0. The number of allylic oxidation sites excluding steroid dienone is 2. The number of carbonyl (C=O) groups is 4. The van der Waals surface area contributed by atoms with Crippen LogP contribution in [-0.4, -0.2) is 135 Å². The number of ketones is 2. The molecule has 1 amide bonds. The highest BCUT2D eigenvalue weighted by Crippen LogP contribution is 2.40. The van der Waals surface area contributed by atoms with E-state index in [2.05, 4.69) is 23.8 Å². The molecule has 4 N–H and O–H groups in total. The number of methoxy groups -OCH3 is 2. The highest BCUT2D eigenvalue weighted by Gasteiger charge is 2.57. The van der Waals surface area contributed by atoms with Gasteiger partial charge in [-0.1, -0.05) is 46.8 Å². The van der Waals surface area contributed by atoms with Crippen molar-refractivity contribution in [2.24, 2.45) is 29.6 Å². The van der Waals surface area contributed by atoms with E-state index in [0.29, 0.717) is 55.4 Å². The van der Waals surface area contributed by atoms with Crippen molar-refractivity contribution in [2.45, 2.75) is 186 Å². The molecule has 378 valence electrons. The van der Waals surface area contributed by atoms with Gasteiger partial charge in [0.25, 0.3) is 11.7 Å². The lowest BCUT2D eigenvalue weighted by molar-refractivity contribution is -0.302. The highest BCUT2D eigenvalue weighted by atomic mass is 16.7. The third kappa shape index (κ3) is 11.8. The lowest BCUT2D eigenvalue weighted by Crippen LogP contribution is -2.64. The van der Waals surface area contributed by atoms with Gasteiger partial charge in [-0.2, -0.15) is 0 Å². The van der Waals surface area contributed by atoms with Gasteiger partial charge in [0.05, 0.1) is 30.5 Å². The van der Waals surface area contributed by atoms with E-state index in [-0.39, 0.29) is 43.9 Å². The first-order valence-electron chi connectivity index (χ1n) is 25.1. The predicted molar refractivity (Wildman–Crippen MR) is 255 cm³/mol. The van der Waals surface area contributed by atoms with Crippen LogP contribution >= 0.6 is 0 Å². The zero-order valence-electron chi connectivity index (χ0n) is 41.7. The molecule has 4 heterocycles. The number of aryl methyl sites for hydroxylation is 1. The lowest BCUT2D eigenvalue weighted by atomic mass is 9.81. The Morgan fingerprint density at radius 1 is 0.912 bits per heavy atom. The molecule has 2 bridgehead atoms. The number of hydrogen-bond donors (Lipinski definition) is 4. The molecule has 0 spiro atoms. The Labute approximate surface area is 402 Å². The molecule has 0 radical (unpaired) electrons. The van der Waals surface area contributed by atoms with E-state index in [0.717, 1.165) is 28.8 Å². The smallest absolute Gasteiger partial charge is 0.329 e. The number of Topliss-reactive ketones (excluding diaryl/α,β-unsaturated/α-hetero) is 2. The van der Waals surface area contributed by atoms with Crippen LogP contribution in [0.1, 0.15) is 119 Å². The zero-order chi connectivity index (χ0) is 49.6. The summed E-state index contributed by atoms with van der Waals surface area (Å²) in [6.07, 6.45) is 3.09. The Balaban J connectivity index is 1.29. The van der Waals surface area contributed by atoms with E-state index >= 15 is 0 Å². The van der Waals surface area contributed by atoms with Crippen LogP contribution < -0.4 is 4.74 Å². The van der Waals surface area contributed by atoms with E-state index in [1.54, 1.807) is 33.8 Å². The largest absolute Gasteiger partial charge is 0.488 e. The topological polar surface area (TPSA) is 204 Å². The molecule has 3 aliphatic heterocycles. The number of amides is 1. The summed E-state index contributed by atoms with van der Waals surface area (Å²) in [5, 5.41) is 48.1. The fourth-order valence-electron chi connectivity index (χ4n) is 11.1. The molecule has 1 aromatic heterocycles. The summed E-state index contributed by atoms with van der Waals surface area (Å²) in [7, 11) is 2.95. The third-order valence-corrected chi connectivity index (χ3v) is 15.4. The molecule has 3 fully saturated rings. The summed E-state index contributed by atoms with van der Waals surface area (Å²) in [5.74, 6) is -8.16. The summed E-state index contributed by atoms with van der Waals surface area (Å²) in [4.78, 5) is 58.4. The van der Waals surface area contributed by atoms with Crippen LogP contribution in [0.3, 0.4) is 0 Å². The summed E-state index contributed by atoms with van der Waals surface area (Å²) in [6.45, 7) is 13.6. The molecular formula is C53H78N2O13. The van der Waals surface area contributed by atoms with Gasteiger partial charge in [-0.3, -0.25) is 14.4 Å². The van der Waals surface area contributed by atoms with Crippen molar-refractivity contribution in [1.29, 1.82) is 0 Å². The minimum Gasteiger partial charge on any atom is -0.488 e. The average molecular weight is 951 g/mol. The van der Waals surface area contributed by atoms with Crippen molar-refractivity contribution in [2.75, 3.05) is 20.8 Å². The van der Waals surface area contributed by atoms with Crippen LogP contribution in [0, 0.1) is 29.6 Å². The van der Waals surface area contributed by atoms with Crippen molar-refractivity contribution in [3.05, 3.63) is 53.8 Å². The van der Waals surface area contributed by atoms with Crippen molar-refractivity contribution in [3.63, 3.8) is 0 Å². The van der Waals surface area contributed by atoms with E-state index in [1.807, 2.05) is 38.1 Å². The van der Waals surface area contributed by atoms with Gasteiger partial charge in [-0.15, -0.1) is 0 Å². The van der Waals surface area contributed by atoms with Crippen LogP contribution in [0.25, 0.3) is 10.9 Å². The maximum Gasteiger partial charge on any atom is 0.329 e. The fraction of sp³-hybridized carbons (Fsp3) is 0.698. The first-order chi connectivity index (χ1) is 32.3. The molecule has 15 atom stereocenters. The Morgan fingerprint density at radius 2 is 1.63 bits per heavy atom. The SMILES string of the molecule is CCCn1ccc2cc(OC3CCC(C=C(C)C4OC(=O)C5CCCCN5C(=O)C(=O)C5(O)OC(C(OC)CC(C)C(O)/C(C)=C/C(CC)C(=O)CC(O)C4C)C(OC)CC5C)CC3O)ccc21. The Morgan fingerprint density at radius 3 is 2.31 bits per heavy atom. The quantitative estimate of drug-likeness (QED) is 0.125. The number of rotatable bonds is 9. The minimum absolute atomic E-state index is 0.0502. The number of cyclic esters (lactones) is 1. The van der Waals surface area contributed by atoms with Crippen LogP contribution in [-0.2, 0) is 44.7 Å². The van der Waals surface area contributed by atoms with Gasteiger partial charge in [-0.25, -0.2) is 4.79 Å². The molecule has 4 aliphatic rings. The van der Waals surface area contributed by atoms with Gasteiger partial charge in [-0.05, 0) is 125 Å². The van der Waals surface area contributed by atoms with Gasteiger partial charge in [0.1, 0.15) is 35.9 Å². The van der Waals surface area contributed by atoms with Crippen LogP contribution in [0.4, 0.5) is 0 Å². The van der Waals surface area contributed by atoms with E-state index in [4.69, 9.17) is 23.7 Å². The number of piperidine rings is 1. The van der Waals surface area contributed by atoms with Crippen LogP contribution in [0.5, 0.6) is 5.75 Å². The van der Waals surface area contributed by atoms with Gasteiger partial charge in [0.2, 0.25) is 5.79 Å². The van der Waals surface area contributed by atoms with Gasteiger partial charge >= 0.3 is 5.97 Å². The summed E-state index contributed by atoms with van der Waals surface area (Å²) in [5.41, 5.74) is 2.27. The fourth-order valence-corrected chi connectivity index (χ4v) is 11.1.